The lowest BCUT2D eigenvalue weighted by molar-refractivity contribution is 0.0707. The van der Waals surface area contributed by atoms with Gasteiger partial charge in [-0.25, -0.2) is 0 Å². The van der Waals surface area contributed by atoms with Crippen LogP contribution in [-0.4, -0.2) is 24.0 Å². The van der Waals surface area contributed by atoms with Crippen LogP contribution in [0.2, 0.25) is 0 Å². The number of nitrogens with zero attached hydrogens (tertiary/aromatic N) is 1. The zero-order valence-electron chi connectivity index (χ0n) is 11.9. The standard InChI is InChI=1S/C16H26N2/c1-12-8-6-10-18(14(12)3)16(11-17)15-9-5-4-7-13(15)2/h4-5,7,9,12,14,16H,6,8,10-11,17H2,1-3H3. The Balaban J connectivity index is 2.25. The zero-order valence-corrected chi connectivity index (χ0v) is 11.9. The second-order valence-electron chi connectivity index (χ2n) is 5.71. The minimum absolute atomic E-state index is 0.379. The summed E-state index contributed by atoms with van der Waals surface area (Å²) in [6, 6.07) is 9.67. The summed E-state index contributed by atoms with van der Waals surface area (Å²) in [6.07, 6.45) is 2.65. The minimum atomic E-state index is 0.379. The van der Waals surface area contributed by atoms with Crippen LogP contribution in [0.4, 0.5) is 0 Å². The Labute approximate surface area is 111 Å². The predicted octanol–water partition coefficient (Wildman–Crippen LogP) is 3.12. The van der Waals surface area contributed by atoms with Crippen LogP contribution in [0.25, 0.3) is 0 Å². The molecule has 1 fully saturated rings. The van der Waals surface area contributed by atoms with E-state index in [1.165, 1.54) is 30.5 Å². The van der Waals surface area contributed by atoms with E-state index in [1.807, 2.05) is 0 Å². The van der Waals surface area contributed by atoms with Crippen molar-refractivity contribution >= 4 is 0 Å². The summed E-state index contributed by atoms with van der Waals surface area (Å²) in [6.45, 7) is 8.80. The second kappa shape index (κ2) is 5.85. The van der Waals surface area contributed by atoms with E-state index in [9.17, 15) is 0 Å². The van der Waals surface area contributed by atoms with Crippen molar-refractivity contribution in [3.8, 4) is 0 Å². The molecular weight excluding hydrogens is 220 g/mol. The molecule has 0 amide bonds. The van der Waals surface area contributed by atoms with Gasteiger partial charge in [0.1, 0.15) is 0 Å². The molecule has 0 aliphatic carbocycles. The normalized spacial score (nSPS) is 27.1. The van der Waals surface area contributed by atoms with E-state index in [2.05, 4.69) is 49.9 Å². The molecule has 0 spiro atoms. The highest BCUT2D eigenvalue weighted by molar-refractivity contribution is 5.29. The highest BCUT2D eigenvalue weighted by Gasteiger charge is 2.30. The summed E-state index contributed by atoms with van der Waals surface area (Å²) < 4.78 is 0. The van der Waals surface area contributed by atoms with Gasteiger partial charge in [0.2, 0.25) is 0 Å². The molecule has 100 valence electrons. The first-order valence-electron chi connectivity index (χ1n) is 7.16. The maximum atomic E-state index is 6.07. The largest absolute Gasteiger partial charge is 0.329 e. The monoisotopic (exact) mass is 246 g/mol. The van der Waals surface area contributed by atoms with Crippen LogP contribution in [0.15, 0.2) is 24.3 Å². The number of rotatable bonds is 3. The number of hydrogen-bond donors (Lipinski definition) is 1. The fourth-order valence-corrected chi connectivity index (χ4v) is 3.21. The SMILES string of the molecule is Cc1ccccc1C(CN)N1CCCC(C)C1C. The van der Waals surface area contributed by atoms with Crippen molar-refractivity contribution in [1.82, 2.24) is 4.90 Å². The maximum Gasteiger partial charge on any atom is 0.0476 e. The Morgan fingerprint density at radius 1 is 1.33 bits per heavy atom. The lowest BCUT2D eigenvalue weighted by Crippen LogP contribution is -2.46. The summed E-state index contributed by atoms with van der Waals surface area (Å²) in [7, 11) is 0. The summed E-state index contributed by atoms with van der Waals surface area (Å²) >= 11 is 0. The first-order chi connectivity index (χ1) is 8.65. The summed E-state index contributed by atoms with van der Waals surface area (Å²) in [4.78, 5) is 2.61. The molecule has 0 radical (unpaired) electrons. The topological polar surface area (TPSA) is 29.3 Å². The Bertz CT molecular complexity index is 388. The van der Waals surface area contributed by atoms with Crippen LogP contribution in [-0.2, 0) is 0 Å². The number of likely N-dealkylation sites (tertiary alicyclic amines) is 1. The average Bonchev–Trinajstić information content (AvgIpc) is 2.37. The van der Waals surface area contributed by atoms with Crippen LogP contribution in [0.3, 0.4) is 0 Å². The van der Waals surface area contributed by atoms with Gasteiger partial charge in [-0.1, -0.05) is 31.2 Å². The fourth-order valence-electron chi connectivity index (χ4n) is 3.21. The van der Waals surface area contributed by atoms with E-state index in [0.717, 1.165) is 5.92 Å². The van der Waals surface area contributed by atoms with Crippen molar-refractivity contribution in [3.05, 3.63) is 35.4 Å². The molecule has 0 aromatic heterocycles. The van der Waals surface area contributed by atoms with Crippen molar-refractivity contribution in [1.29, 1.82) is 0 Å². The second-order valence-corrected chi connectivity index (χ2v) is 5.71. The van der Waals surface area contributed by atoms with E-state index in [4.69, 9.17) is 5.73 Å². The van der Waals surface area contributed by atoms with Crippen LogP contribution in [0.5, 0.6) is 0 Å². The fraction of sp³-hybridized carbons (Fsp3) is 0.625. The summed E-state index contributed by atoms with van der Waals surface area (Å²) in [5, 5.41) is 0. The number of piperidine rings is 1. The van der Waals surface area contributed by atoms with Crippen LogP contribution in [0.1, 0.15) is 43.9 Å². The Kier molecular flexibility index (Phi) is 4.41. The van der Waals surface area contributed by atoms with Crippen molar-refractivity contribution < 1.29 is 0 Å². The van der Waals surface area contributed by atoms with E-state index < -0.39 is 0 Å². The molecule has 2 heteroatoms. The molecule has 1 aromatic carbocycles. The molecule has 1 aliphatic heterocycles. The van der Waals surface area contributed by atoms with Crippen molar-refractivity contribution in [2.24, 2.45) is 11.7 Å². The molecule has 1 aromatic rings. The molecule has 18 heavy (non-hydrogen) atoms. The summed E-state index contributed by atoms with van der Waals surface area (Å²) in [5.74, 6) is 0.775. The highest BCUT2D eigenvalue weighted by Crippen LogP contribution is 2.32. The molecule has 2 N–H and O–H groups in total. The van der Waals surface area contributed by atoms with Gasteiger partial charge >= 0.3 is 0 Å². The van der Waals surface area contributed by atoms with Gasteiger partial charge in [0.25, 0.3) is 0 Å². The molecule has 1 aliphatic rings. The number of aryl methyl sites for hydroxylation is 1. The van der Waals surface area contributed by atoms with E-state index in [0.29, 0.717) is 18.6 Å². The van der Waals surface area contributed by atoms with Gasteiger partial charge in [0.15, 0.2) is 0 Å². The molecule has 3 unspecified atom stereocenters. The van der Waals surface area contributed by atoms with Gasteiger partial charge in [0, 0.05) is 18.6 Å². The lowest BCUT2D eigenvalue weighted by atomic mass is 9.88. The first kappa shape index (κ1) is 13.6. The molecule has 2 rings (SSSR count). The van der Waals surface area contributed by atoms with Gasteiger partial charge in [-0.3, -0.25) is 4.90 Å². The molecule has 0 bridgehead atoms. The molecule has 3 atom stereocenters. The first-order valence-corrected chi connectivity index (χ1v) is 7.16. The van der Waals surface area contributed by atoms with Gasteiger partial charge in [-0.05, 0) is 50.3 Å². The Morgan fingerprint density at radius 2 is 2.06 bits per heavy atom. The van der Waals surface area contributed by atoms with Crippen LogP contribution in [0, 0.1) is 12.8 Å². The van der Waals surface area contributed by atoms with Gasteiger partial charge in [-0.15, -0.1) is 0 Å². The lowest BCUT2D eigenvalue weighted by Gasteiger charge is -2.43. The van der Waals surface area contributed by atoms with Crippen molar-refractivity contribution in [2.75, 3.05) is 13.1 Å². The molecule has 0 saturated carbocycles. The maximum absolute atomic E-state index is 6.07. The third-order valence-electron chi connectivity index (χ3n) is 4.59. The van der Waals surface area contributed by atoms with Crippen molar-refractivity contribution in [2.45, 2.75) is 45.7 Å². The summed E-state index contributed by atoms with van der Waals surface area (Å²) in [5.41, 5.74) is 8.83. The van der Waals surface area contributed by atoms with E-state index >= 15 is 0 Å². The predicted molar refractivity (Wildman–Crippen MR) is 77.5 cm³/mol. The highest BCUT2D eigenvalue weighted by atomic mass is 15.2. The van der Waals surface area contributed by atoms with Crippen LogP contribution < -0.4 is 5.73 Å². The molecule has 2 nitrogen and oxygen atoms in total. The molecule has 1 heterocycles. The van der Waals surface area contributed by atoms with Crippen LogP contribution >= 0.6 is 0 Å². The molecular formula is C16H26N2. The third-order valence-corrected chi connectivity index (χ3v) is 4.59. The number of nitrogens with two attached hydrogens (primary N) is 1. The average molecular weight is 246 g/mol. The van der Waals surface area contributed by atoms with E-state index in [1.54, 1.807) is 0 Å². The van der Waals surface area contributed by atoms with Gasteiger partial charge in [-0.2, -0.15) is 0 Å². The van der Waals surface area contributed by atoms with Gasteiger partial charge < -0.3 is 5.73 Å². The smallest absolute Gasteiger partial charge is 0.0476 e. The number of hydrogen-bond acceptors (Lipinski definition) is 2. The van der Waals surface area contributed by atoms with E-state index in [-0.39, 0.29) is 0 Å². The third kappa shape index (κ3) is 2.60. The minimum Gasteiger partial charge on any atom is -0.329 e. The van der Waals surface area contributed by atoms with Crippen molar-refractivity contribution in [3.63, 3.8) is 0 Å². The zero-order chi connectivity index (χ0) is 13.1. The molecule has 1 saturated heterocycles. The Morgan fingerprint density at radius 3 is 2.72 bits per heavy atom. The quantitative estimate of drug-likeness (QED) is 0.888. The number of benzene rings is 1. The van der Waals surface area contributed by atoms with Gasteiger partial charge in [0.05, 0.1) is 0 Å². The Hall–Kier alpha value is -0.860.